The minimum atomic E-state index is -4.61. The van der Waals surface area contributed by atoms with Gasteiger partial charge in [-0.2, -0.15) is 18.3 Å². The molecule has 0 saturated carbocycles. The number of anilines is 1. The summed E-state index contributed by atoms with van der Waals surface area (Å²) in [5.74, 6) is -0.455. The minimum absolute atomic E-state index is 0.120. The number of nitrogens with one attached hydrogen (secondary N) is 1. The topological polar surface area (TPSA) is 70.4 Å². The number of alkyl halides is 3. The van der Waals surface area contributed by atoms with Gasteiger partial charge in [0.2, 0.25) is 0 Å². The number of hydrogen-bond donors (Lipinski definition) is 2. The number of rotatable bonds is 2. The summed E-state index contributed by atoms with van der Waals surface area (Å²) in [5.41, 5.74) is 0.877. The molecule has 0 spiro atoms. The maximum absolute atomic E-state index is 12.5. The quantitative estimate of drug-likeness (QED) is 0.874. The van der Waals surface area contributed by atoms with Gasteiger partial charge >= 0.3 is 12.2 Å². The fraction of sp³-hybridized carbons (Fsp3) is 0.692. The van der Waals surface area contributed by atoms with E-state index < -0.39 is 24.2 Å². The lowest BCUT2D eigenvalue weighted by molar-refractivity contribution is -0.222. The lowest BCUT2D eigenvalue weighted by Crippen LogP contribution is -2.46. The molecule has 2 heterocycles. The Balaban J connectivity index is 1.87. The van der Waals surface area contributed by atoms with E-state index in [4.69, 9.17) is 0 Å². The first-order chi connectivity index (χ1) is 10.2. The Morgan fingerprint density at radius 2 is 2.05 bits per heavy atom. The molecule has 0 radical (unpaired) electrons. The van der Waals surface area contributed by atoms with E-state index >= 15 is 0 Å². The van der Waals surface area contributed by atoms with Crippen molar-refractivity contribution in [3.63, 3.8) is 0 Å². The molecule has 22 heavy (non-hydrogen) atoms. The van der Waals surface area contributed by atoms with Gasteiger partial charge in [-0.25, -0.2) is 4.79 Å². The van der Waals surface area contributed by atoms with Crippen LogP contribution < -0.4 is 5.32 Å². The Morgan fingerprint density at radius 3 is 2.50 bits per heavy atom. The number of hydrogen-bond acceptors (Lipinski definition) is 3. The molecule has 1 saturated heterocycles. The van der Waals surface area contributed by atoms with E-state index in [0.717, 1.165) is 5.69 Å². The van der Waals surface area contributed by atoms with Gasteiger partial charge in [0.05, 0.1) is 0 Å². The van der Waals surface area contributed by atoms with E-state index in [1.165, 1.54) is 4.90 Å². The Bertz CT molecular complexity index is 516. The molecule has 0 aliphatic carbocycles. The molecule has 1 aliphatic heterocycles. The number of carbonyl (C=O) groups excluding carboxylic acids is 1. The maximum Gasteiger partial charge on any atom is 0.414 e. The first kappa shape index (κ1) is 16.6. The molecule has 0 aromatic carbocycles. The first-order valence-corrected chi connectivity index (χ1v) is 7.00. The summed E-state index contributed by atoms with van der Waals surface area (Å²) < 4.78 is 39.0. The molecule has 1 aliphatic rings. The lowest BCUT2D eigenvalue weighted by atomic mass is 9.91. The largest absolute Gasteiger partial charge is 0.414 e. The highest BCUT2D eigenvalue weighted by molar-refractivity contribution is 5.88. The van der Waals surface area contributed by atoms with E-state index in [0.29, 0.717) is 5.82 Å². The minimum Gasteiger partial charge on any atom is -0.383 e. The molecule has 6 nitrogen and oxygen atoms in total. The molecule has 1 unspecified atom stereocenters. The number of piperidine rings is 1. The Hall–Kier alpha value is -1.77. The lowest BCUT2D eigenvalue weighted by Gasteiger charge is -2.34. The van der Waals surface area contributed by atoms with E-state index in [1.807, 2.05) is 6.92 Å². The third-order valence-corrected chi connectivity index (χ3v) is 3.96. The second-order valence-corrected chi connectivity index (χ2v) is 5.54. The number of aliphatic hydroxyl groups excluding tert-OH is 1. The molecular formula is C13H19F3N4O2. The summed E-state index contributed by atoms with van der Waals surface area (Å²) in [6, 6.07) is 1.32. The number of halogens is 3. The van der Waals surface area contributed by atoms with Crippen molar-refractivity contribution < 1.29 is 23.1 Å². The number of likely N-dealkylation sites (tertiary alicyclic amines) is 1. The van der Waals surface area contributed by atoms with E-state index in [1.54, 1.807) is 17.8 Å². The molecule has 0 bridgehead atoms. The summed E-state index contributed by atoms with van der Waals surface area (Å²) in [7, 11) is 1.75. The van der Waals surface area contributed by atoms with Crippen LogP contribution in [0.2, 0.25) is 0 Å². The fourth-order valence-corrected chi connectivity index (χ4v) is 2.50. The summed E-state index contributed by atoms with van der Waals surface area (Å²) in [5, 5.41) is 16.0. The van der Waals surface area contributed by atoms with Crippen LogP contribution in [0.3, 0.4) is 0 Å². The van der Waals surface area contributed by atoms with E-state index in [-0.39, 0.29) is 25.9 Å². The van der Waals surface area contributed by atoms with Crippen molar-refractivity contribution in [1.82, 2.24) is 14.7 Å². The fourth-order valence-electron chi connectivity index (χ4n) is 2.50. The predicted octanol–water partition coefficient (Wildman–Crippen LogP) is 1.90. The molecule has 2 N–H and O–H groups in total. The van der Waals surface area contributed by atoms with Crippen LogP contribution in [0.4, 0.5) is 23.8 Å². The molecule has 1 atom stereocenters. The number of carbonyl (C=O) groups is 1. The van der Waals surface area contributed by atoms with Crippen LogP contribution in [0.15, 0.2) is 6.07 Å². The van der Waals surface area contributed by atoms with E-state index in [2.05, 4.69) is 10.4 Å². The molecule has 1 fully saturated rings. The van der Waals surface area contributed by atoms with Crippen LogP contribution in [0.5, 0.6) is 0 Å². The number of aliphatic hydroxyl groups is 1. The number of nitrogens with zero attached hydrogens (tertiary/aromatic N) is 3. The Labute approximate surface area is 125 Å². The SMILES string of the molecule is Cc1cc(NC(=O)N2CCC(C(O)C(F)(F)F)CC2)nn1C. The van der Waals surface area contributed by atoms with Gasteiger partial charge < -0.3 is 10.0 Å². The molecule has 1 aromatic rings. The summed E-state index contributed by atoms with van der Waals surface area (Å²) in [6.07, 6.45) is -6.69. The van der Waals surface area contributed by atoms with Gasteiger partial charge in [-0.3, -0.25) is 10.00 Å². The highest BCUT2D eigenvalue weighted by atomic mass is 19.4. The van der Waals surface area contributed by atoms with Gasteiger partial charge in [0.25, 0.3) is 0 Å². The zero-order chi connectivity index (χ0) is 16.5. The number of amides is 2. The average Bonchev–Trinajstić information content (AvgIpc) is 2.75. The maximum atomic E-state index is 12.5. The molecule has 2 amide bonds. The van der Waals surface area contributed by atoms with Crippen LogP contribution >= 0.6 is 0 Å². The van der Waals surface area contributed by atoms with Crippen molar-refractivity contribution >= 4 is 11.8 Å². The Kier molecular flexibility index (Phi) is 4.64. The first-order valence-electron chi connectivity index (χ1n) is 7.00. The van der Waals surface area contributed by atoms with Crippen molar-refractivity contribution in [2.75, 3.05) is 18.4 Å². The second-order valence-electron chi connectivity index (χ2n) is 5.54. The van der Waals surface area contributed by atoms with E-state index in [9.17, 15) is 23.1 Å². The van der Waals surface area contributed by atoms with Crippen molar-refractivity contribution in [3.05, 3.63) is 11.8 Å². The summed E-state index contributed by atoms with van der Waals surface area (Å²) >= 11 is 0. The zero-order valence-electron chi connectivity index (χ0n) is 12.4. The third kappa shape index (κ3) is 3.70. The van der Waals surface area contributed by atoms with Gasteiger partial charge in [0.15, 0.2) is 11.9 Å². The van der Waals surface area contributed by atoms with Gasteiger partial charge in [-0.15, -0.1) is 0 Å². The number of aromatic nitrogens is 2. The standard InChI is InChI=1S/C13H19F3N4O2/c1-8-7-10(18-19(8)2)17-12(22)20-5-3-9(4-6-20)11(21)13(14,15)16/h7,9,11,21H,3-6H2,1-2H3,(H,17,18,22). The van der Waals surface area contributed by atoms with Crippen molar-refractivity contribution in [2.45, 2.75) is 32.0 Å². The highest BCUT2D eigenvalue weighted by Gasteiger charge is 2.44. The zero-order valence-corrected chi connectivity index (χ0v) is 12.4. The van der Waals surface area contributed by atoms with Gasteiger partial charge in [0, 0.05) is 31.9 Å². The smallest absolute Gasteiger partial charge is 0.383 e. The molecule has 2 rings (SSSR count). The molecule has 1 aromatic heterocycles. The summed E-state index contributed by atoms with van der Waals surface area (Å²) in [4.78, 5) is 13.5. The predicted molar refractivity (Wildman–Crippen MR) is 73.3 cm³/mol. The van der Waals surface area contributed by atoms with Gasteiger partial charge in [-0.1, -0.05) is 0 Å². The monoisotopic (exact) mass is 320 g/mol. The van der Waals surface area contributed by atoms with Gasteiger partial charge in [0.1, 0.15) is 0 Å². The second kappa shape index (κ2) is 6.15. The highest BCUT2D eigenvalue weighted by Crippen LogP contribution is 2.31. The summed E-state index contributed by atoms with van der Waals surface area (Å²) in [6.45, 7) is 2.19. The number of urea groups is 1. The van der Waals surface area contributed by atoms with Crippen LogP contribution in [0, 0.1) is 12.8 Å². The average molecular weight is 320 g/mol. The Morgan fingerprint density at radius 1 is 1.45 bits per heavy atom. The van der Waals surface area contributed by atoms with Crippen LogP contribution in [-0.4, -0.2) is 51.2 Å². The van der Waals surface area contributed by atoms with Crippen LogP contribution in [-0.2, 0) is 7.05 Å². The van der Waals surface area contributed by atoms with Crippen molar-refractivity contribution in [3.8, 4) is 0 Å². The molecule has 124 valence electrons. The van der Waals surface area contributed by atoms with Crippen molar-refractivity contribution in [2.24, 2.45) is 13.0 Å². The van der Waals surface area contributed by atoms with Gasteiger partial charge in [-0.05, 0) is 25.7 Å². The molecule has 9 heteroatoms. The number of aryl methyl sites for hydroxylation is 2. The normalized spacial score (nSPS) is 18.4. The van der Waals surface area contributed by atoms with Crippen LogP contribution in [0.1, 0.15) is 18.5 Å². The molecular weight excluding hydrogens is 301 g/mol. The van der Waals surface area contributed by atoms with Crippen molar-refractivity contribution in [1.29, 1.82) is 0 Å². The third-order valence-electron chi connectivity index (χ3n) is 3.96. The van der Waals surface area contributed by atoms with Crippen LogP contribution in [0.25, 0.3) is 0 Å².